The molecule has 0 saturated carbocycles. The van der Waals surface area contributed by atoms with Gasteiger partial charge in [-0.1, -0.05) is 12.1 Å². The van der Waals surface area contributed by atoms with E-state index in [1.807, 2.05) is 12.1 Å². The number of methoxy groups -OCH3 is 1. The average Bonchev–Trinajstić information content (AvgIpc) is 3.54. The maximum absolute atomic E-state index is 12.6. The van der Waals surface area contributed by atoms with E-state index in [2.05, 4.69) is 15.5 Å². The lowest BCUT2D eigenvalue weighted by atomic mass is 9.93. The van der Waals surface area contributed by atoms with Crippen LogP contribution in [0.3, 0.4) is 0 Å². The third-order valence-corrected chi connectivity index (χ3v) is 5.54. The predicted octanol–water partition coefficient (Wildman–Crippen LogP) is 2.73. The summed E-state index contributed by atoms with van der Waals surface area (Å²) in [5.74, 6) is 1.73. The Kier molecular flexibility index (Phi) is 6.74. The van der Waals surface area contributed by atoms with Gasteiger partial charge in [-0.2, -0.15) is 5.10 Å². The first kappa shape index (κ1) is 21.5. The molecule has 0 unspecified atom stereocenters. The number of nitrogens with one attached hydrogen (secondary N) is 2. The van der Waals surface area contributed by atoms with Gasteiger partial charge >= 0.3 is 0 Å². The van der Waals surface area contributed by atoms with Crippen molar-refractivity contribution >= 4 is 11.8 Å². The van der Waals surface area contributed by atoms with Gasteiger partial charge in [0.25, 0.3) is 11.8 Å². The topological polar surface area (TPSA) is 110 Å². The van der Waals surface area contributed by atoms with E-state index in [1.54, 1.807) is 48.6 Å². The number of hydrogen-bond acceptors (Lipinski definition) is 6. The van der Waals surface area contributed by atoms with Crippen molar-refractivity contribution in [3.63, 3.8) is 0 Å². The van der Waals surface area contributed by atoms with Crippen molar-refractivity contribution in [2.24, 2.45) is 0 Å². The summed E-state index contributed by atoms with van der Waals surface area (Å²) >= 11 is 0. The van der Waals surface area contributed by atoms with E-state index in [9.17, 15) is 9.59 Å². The molecule has 4 rings (SSSR count). The molecule has 1 aromatic carbocycles. The second kappa shape index (κ2) is 10.0. The Hall–Kier alpha value is -3.75. The van der Waals surface area contributed by atoms with E-state index in [-0.39, 0.29) is 24.3 Å². The van der Waals surface area contributed by atoms with Crippen LogP contribution in [0, 0.1) is 0 Å². The summed E-state index contributed by atoms with van der Waals surface area (Å²) in [4.78, 5) is 26.7. The van der Waals surface area contributed by atoms with Crippen molar-refractivity contribution in [1.82, 2.24) is 20.4 Å². The predicted molar refractivity (Wildman–Crippen MR) is 116 cm³/mol. The van der Waals surface area contributed by atoms with Gasteiger partial charge in [-0.3, -0.25) is 14.7 Å². The number of ether oxygens (including phenoxy) is 2. The van der Waals surface area contributed by atoms with Crippen LogP contribution in [0.5, 0.6) is 11.5 Å². The second-order valence-corrected chi connectivity index (χ2v) is 7.57. The number of furan rings is 1. The number of para-hydroxylation sites is 2. The largest absolute Gasteiger partial charge is 0.493 e. The standard InChI is InChI=1S/C23H26N4O5/c1-30-20-6-2-3-7-21(20)32-15-22(28)27-10-8-16(9-11-27)18-13-19(26-25-18)23(29)24-14-17-5-4-12-31-17/h2-7,12-13,16H,8-11,14-15H2,1H3,(H,24,29)(H,25,26). The van der Waals surface area contributed by atoms with Crippen LogP contribution in [0.15, 0.2) is 53.1 Å². The number of carbonyl (C=O) groups is 2. The number of aromatic amines is 1. The zero-order chi connectivity index (χ0) is 22.3. The van der Waals surface area contributed by atoms with Crippen molar-refractivity contribution in [3.8, 4) is 11.5 Å². The molecule has 9 heteroatoms. The first-order chi connectivity index (χ1) is 15.6. The fraction of sp³-hybridized carbons (Fsp3) is 0.348. The number of H-pyrrole nitrogens is 1. The van der Waals surface area contributed by atoms with Gasteiger partial charge in [0.15, 0.2) is 18.1 Å². The Morgan fingerprint density at radius 3 is 2.69 bits per heavy atom. The van der Waals surface area contributed by atoms with Crippen LogP contribution in [-0.4, -0.2) is 53.7 Å². The SMILES string of the molecule is COc1ccccc1OCC(=O)N1CCC(c2cc(C(=O)NCc3ccco3)n[nH]2)CC1. The molecule has 2 amide bonds. The molecule has 0 atom stereocenters. The highest BCUT2D eigenvalue weighted by atomic mass is 16.5. The molecule has 32 heavy (non-hydrogen) atoms. The third-order valence-electron chi connectivity index (χ3n) is 5.54. The number of piperidine rings is 1. The molecule has 1 fully saturated rings. The Labute approximate surface area is 185 Å². The molecule has 1 aliphatic heterocycles. The molecule has 9 nitrogen and oxygen atoms in total. The number of nitrogens with zero attached hydrogens (tertiary/aromatic N) is 2. The molecule has 2 aromatic heterocycles. The first-order valence-electron chi connectivity index (χ1n) is 10.5. The number of likely N-dealkylation sites (tertiary alicyclic amines) is 1. The van der Waals surface area contributed by atoms with Crippen molar-refractivity contribution in [2.75, 3.05) is 26.8 Å². The molecule has 3 aromatic rings. The highest BCUT2D eigenvalue weighted by molar-refractivity contribution is 5.92. The number of benzene rings is 1. The monoisotopic (exact) mass is 438 g/mol. The Morgan fingerprint density at radius 2 is 1.97 bits per heavy atom. The molecule has 0 bridgehead atoms. The van der Waals surface area contributed by atoms with Gasteiger partial charge < -0.3 is 24.1 Å². The van der Waals surface area contributed by atoms with Crippen LogP contribution in [-0.2, 0) is 11.3 Å². The summed E-state index contributed by atoms with van der Waals surface area (Å²) in [6.45, 7) is 1.52. The summed E-state index contributed by atoms with van der Waals surface area (Å²) in [7, 11) is 1.57. The normalized spacial score (nSPS) is 14.2. The minimum atomic E-state index is -0.259. The number of amides is 2. The van der Waals surface area contributed by atoms with Crippen LogP contribution in [0.1, 0.15) is 40.7 Å². The summed E-state index contributed by atoms with van der Waals surface area (Å²) in [6.07, 6.45) is 3.14. The van der Waals surface area contributed by atoms with E-state index < -0.39 is 0 Å². The molecule has 0 spiro atoms. The van der Waals surface area contributed by atoms with Crippen molar-refractivity contribution in [1.29, 1.82) is 0 Å². The zero-order valence-corrected chi connectivity index (χ0v) is 17.9. The molecule has 3 heterocycles. The highest BCUT2D eigenvalue weighted by Gasteiger charge is 2.26. The summed E-state index contributed by atoms with van der Waals surface area (Å²) in [6, 6.07) is 12.6. The Morgan fingerprint density at radius 1 is 1.19 bits per heavy atom. The molecule has 1 saturated heterocycles. The number of aromatic nitrogens is 2. The molecule has 168 valence electrons. The minimum Gasteiger partial charge on any atom is -0.493 e. The van der Waals surface area contributed by atoms with Gasteiger partial charge in [-0.15, -0.1) is 0 Å². The van der Waals surface area contributed by atoms with Crippen LogP contribution in [0.2, 0.25) is 0 Å². The van der Waals surface area contributed by atoms with E-state index in [0.29, 0.717) is 42.6 Å². The van der Waals surface area contributed by atoms with Gasteiger partial charge in [-0.25, -0.2) is 0 Å². The van der Waals surface area contributed by atoms with Gasteiger partial charge in [0.1, 0.15) is 11.5 Å². The van der Waals surface area contributed by atoms with Gasteiger partial charge in [0.2, 0.25) is 0 Å². The van der Waals surface area contributed by atoms with Crippen LogP contribution < -0.4 is 14.8 Å². The summed E-state index contributed by atoms with van der Waals surface area (Å²) < 4.78 is 16.1. The number of carbonyl (C=O) groups excluding carboxylic acids is 2. The number of hydrogen-bond donors (Lipinski definition) is 2. The van der Waals surface area contributed by atoms with Crippen molar-refractivity contribution in [2.45, 2.75) is 25.3 Å². The molecule has 1 aliphatic rings. The summed E-state index contributed by atoms with van der Waals surface area (Å²) in [5.41, 5.74) is 1.25. The lowest BCUT2D eigenvalue weighted by Crippen LogP contribution is -2.40. The smallest absolute Gasteiger partial charge is 0.272 e. The maximum Gasteiger partial charge on any atom is 0.272 e. The minimum absolute atomic E-state index is 0.0327. The third kappa shape index (κ3) is 5.11. The summed E-state index contributed by atoms with van der Waals surface area (Å²) in [5, 5.41) is 9.91. The second-order valence-electron chi connectivity index (χ2n) is 7.57. The maximum atomic E-state index is 12.6. The van der Waals surface area contributed by atoms with Crippen molar-refractivity contribution < 1.29 is 23.5 Å². The quantitative estimate of drug-likeness (QED) is 0.560. The van der Waals surface area contributed by atoms with Gasteiger partial charge in [0.05, 0.1) is 19.9 Å². The Bertz CT molecular complexity index is 1040. The molecule has 0 aliphatic carbocycles. The van der Waals surface area contributed by atoms with Crippen molar-refractivity contribution in [3.05, 3.63) is 65.9 Å². The fourth-order valence-corrected chi connectivity index (χ4v) is 3.74. The van der Waals surface area contributed by atoms with E-state index in [1.165, 1.54) is 0 Å². The molecule has 0 radical (unpaired) electrons. The average molecular weight is 438 g/mol. The zero-order valence-electron chi connectivity index (χ0n) is 17.9. The molecular formula is C23H26N4O5. The molecule has 2 N–H and O–H groups in total. The molecular weight excluding hydrogens is 412 g/mol. The van der Waals surface area contributed by atoms with Crippen LogP contribution in [0.25, 0.3) is 0 Å². The van der Waals surface area contributed by atoms with Crippen LogP contribution in [0.4, 0.5) is 0 Å². The fourth-order valence-electron chi connectivity index (χ4n) is 3.74. The van der Waals surface area contributed by atoms with Gasteiger partial charge in [-0.05, 0) is 43.2 Å². The van der Waals surface area contributed by atoms with Gasteiger partial charge in [0, 0.05) is 24.7 Å². The first-order valence-corrected chi connectivity index (χ1v) is 10.5. The van der Waals surface area contributed by atoms with E-state index >= 15 is 0 Å². The van der Waals surface area contributed by atoms with E-state index in [0.717, 1.165) is 18.5 Å². The lowest BCUT2D eigenvalue weighted by molar-refractivity contribution is -0.134. The Balaban J connectivity index is 1.24. The van der Waals surface area contributed by atoms with E-state index in [4.69, 9.17) is 13.9 Å². The highest BCUT2D eigenvalue weighted by Crippen LogP contribution is 2.28. The lowest BCUT2D eigenvalue weighted by Gasteiger charge is -2.31. The van der Waals surface area contributed by atoms with Crippen LogP contribution >= 0.6 is 0 Å². The number of rotatable bonds is 8.